The van der Waals surface area contributed by atoms with Crippen molar-refractivity contribution in [1.29, 1.82) is 0 Å². The van der Waals surface area contributed by atoms with E-state index in [-0.39, 0.29) is 11.6 Å². The first-order valence-electron chi connectivity index (χ1n) is 6.72. The van der Waals surface area contributed by atoms with Gasteiger partial charge in [0.25, 0.3) is 5.91 Å². The van der Waals surface area contributed by atoms with Gasteiger partial charge in [-0.1, -0.05) is 29.8 Å². The molecule has 0 aliphatic rings. The average molecular weight is 289 g/mol. The van der Waals surface area contributed by atoms with E-state index in [2.05, 4.69) is 5.32 Å². The number of halogens is 2. The fraction of sp³-hybridized carbons (Fsp3) is 0.235. The Morgan fingerprint density at radius 3 is 2.57 bits per heavy atom. The van der Waals surface area contributed by atoms with Gasteiger partial charge in [-0.2, -0.15) is 0 Å². The van der Waals surface area contributed by atoms with E-state index in [9.17, 15) is 13.6 Å². The summed E-state index contributed by atoms with van der Waals surface area (Å²) in [6.45, 7) is 5.72. The van der Waals surface area contributed by atoms with Crippen LogP contribution in [0.2, 0.25) is 0 Å². The zero-order valence-electron chi connectivity index (χ0n) is 12.2. The molecule has 1 amide bonds. The Morgan fingerprint density at radius 1 is 1.14 bits per heavy atom. The molecule has 110 valence electrons. The van der Waals surface area contributed by atoms with Crippen LogP contribution < -0.4 is 5.32 Å². The summed E-state index contributed by atoms with van der Waals surface area (Å²) in [5.74, 6) is -2.77. The third kappa shape index (κ3) is 3.27. The quantitative estimate of drug-likeness (QED) is 0.906. The molecule has 4 heteroatoms. The van der Waals surface area contributed by atoms with Crippen LogP contribution in [0.3, 0.4) is 0 Å². The molecule has 0 radical (unpaired) electrons. The van der Waals surface area contributed by atoms with E-state index >= 15 is 0 Å². The summed E-state index contributed by atoms with van der Waals surface area (Å²) in [5, 5.41) is 2.70. The molecule has 2 aromatic rings. The number of hydrogen-bond acceptors (Lipinski definition) is 1. The van der Waals surface area contributed by atoms with Gasteiger partial charge in [-0.15, -0.1) is 0 Å². The minimum atomic E-state index is -1.12. The molecule has 0 saturated heterocycles. The molecule has 0 bridgehead atoms. The molecule has 2 aromatic carbocycles. The van der Waals surface area contributed by atoms with Crippen LogP contribution in [0.15, 0.2) is 36.4 Å². The van der Waals surface area contributed by atoms with Gasteiger partial charge in [-0.25, -0.2) is 8.78 Å². The highest BCUT2D eigenvalue weighted by Gasteiger charge is 2.18. The van der Waals surface area contributed by atoms with Crippen molar-refractivity contribution in [3.05, 3.63) is 70.3 Å². The fourth-order valence-electron chi connectivity index (χ4n) is 2.26. The summed E-state index contributed by atoms with van der Waals surface area (Å²) in [5.41, 5.74) is 2.79. The molecule has 0 aliphatic heterocycles. The van der Waals surface area contributed by atoms with Crippen LogP contribution >= 0.6 is 0 Å². The number of carbonyl (C=O) groups is 1. The van der Waals surface area contributed by atoms with Crippen LogP contribution in [-0.4, -0.2) is 5.91 Å². The molecule has 0 aromatic heterocycles. The van der Waals surface area contributed by atoms with Gasteiger partial charge in [0.1, 0.15) is 0 Å². The van der Waals surface area contributed by atoms with Crippen LogP contribution in [0.5, 0.6) is 0 Å². The van der Waals surface area contributed by atoms with Crippen LogP contribution in [0.25, 0.3) is 0 Å². The van der Waals surface area contributed by atoms with E-state index in [1.807, 2.05) is 39.0 Å². The van der Waals surface area contributed by atoms with Crippen molar-refractivity contribution in [1.82, 2.24) is 5.32 Å². The molecule has 0 fully saturated rings. The number of hydrogen-bond donors (Lipinski definition) is 1. The Hall–Kier alpha value is -2.23. The highest BCUT2D eigenvalue weighted by molar-refractivity contribution is 5.94. The molecule has 2 nitrogen and oxygen atoms in total. The number of rotatable bonds is 3. The average Bonchev–Trinajstić information content (AvgIpc) is 2.44. The van der Waals surface area contributed by atoms with Gasteiger partial charge < -0.3 is 5.32 Å². The molecule has 0 heterocycles. The topological polar surface area (TPSA) is 29.1 Å². The molecule has 1 atom stereocenters. The number of aryl methyl sites for hydroxylation is 2. The number of carbonyl (C=O) groups excluding carboxylic acids is 1. The van der Waals surface area contributed by atoms with Gasteiger partial charge >= 0.3 is 0 Å². The lowest BCUT2D eigenvalue weighted by molar-refractivity contribution is 0.0934. The third-order valence-corrected chi connectivity index (χ3v) is 3.45. The normalized spacial score (nSPS) is 12.0. The minimum Gasteiger partial charge on any atom is -0.345 e. The number of amides is 1. The summed E-state index contributed by atoms with van der Waals surface area (Å²) in [6.07, 6.45) is 0. The second-order valence-corrected chi connectivity index (χ2v) is 5.16. The van der Waals surface area contributed by atoms with Crippen molar-refractivity contribution in [3.8, 4) is 0 Å². The van der Waals surface area contributed by atoms with Gasteiger partial charge in [0, 0.05) is 0 Å². The van der Waals surface area contributed by atoms with E-state index < -0.39 is 17.5 Å². The Labute approximate surface area is 122 Å². The molecule has 1 unspecified atom stereocenters. The predicted octanol–water partition coefficient (Wildman–Crippen LogP) is 4.07. The summed E-state index contributed by atoms with van der Waals surface area (Å²) in [4.78, 5) is 12.1. The maximum Gasteiger partial charge on any atom is 0.254 e. The van der Waals surface area contributed by atoms with Crippen LogP contribution in [0.4, 0.5) is 8.78 Å². The maximum atomic E-state index is 13.6. The lowest BCUT2D eigenvalue weighted by Crippen LogP contribution is -2.28. The molecule has 0 spiro atoms. The van der Waals surface area contributed by atoms with Crippen molar-refractivity contribution in [2.75, 3.05) is 0 Å². The zero-order chi connectivity index (χ0) is 15.6. The van der Waals surface area contributed by atoms with Crippen molar-refractivity contribution in [3.63, 3.8) is 0 Å². The van der Waals surface area contributed by atoms with E-state index in [1.165, 1.54) is 12.1 Å². The Kier molecular flexibility index (Phi) is 4.36. The van der Waals surface area contributed by atoms with Crippen LogP contribution in [0.1, 0.15) is 40.0 Å². The molecule has 21 heavy (non-hydrogen) atoms. The Morgan fingerprint density at radius 2 is 1.86 bits per heavy atom. The van der Waals surface area contributed by atoms with E-state index in [4.69, 9.17) is 0 Å². The first kappa shape index (κ1) is 15.2. The SMILES string of the molecule is Cc1ccc(C)c(C(C)NC(=O)c2cccc(F)c2F)c1. The summed E-state index contributed by atoms with van der Waals surface area (Å²) in [6, 6.07) is 9.21. The molecular formula is C17H17F2NO. The standard InChI is InChI=1S/C17H17F2NO/c1-10-7-8-11(2)14(9-10)12(3)20-17(21)13-5-4-6-15(18)16(13)19/h4-9,12H,1-3H3,(H,20,21). The summed E-state index contributed by atoms with van der Waals surface area (Å²) < 4.78 is 26.8. The summed E-state index contributed by atoms with van der Waals surface area (Å²) >= 11 is 0. The molecule has 1 N–H and O–H groups in total. The predicted molar refractivity (Wildman–Crippen MR) is 78.2 cm³/mol. The van der Waals surface area contributed by atoms with Gasteiger partial charge in [0.2, 0.25) is 0 Å². The lowest BCUT2D eigenvalue weighted by atomic mass is 9.99. The van der Waals surface area contributed by atoms with Gasteiger partial charge in [0.15, 0.2) is 11.6 Å². The number of nitrogens with one attached hydrogen (secondary N) is 1. The second-order valence-electron chi connectivity index (χ2n) is 5.16. The van der Waals surface area contributed by atoms with Crippen molar-refractivity contribution >= 4 is 5.91 Å². The van der Waals surface area contributed by atoms with Crippen LogP contribution in [0, 0.1) is 25.5 Å². The molecule has 2 rings (SSSR count). The minimum absolute atomic E-state index is 0.285. The zero-order valence-corrected chi connectivity index (χ0v) is 12.2. The molecule has 0 saturated carbocycles. The Balaban J connectivity index is 2.23. The van der Waals surface area contributed by atoms with Crippen molar-refractivity contribution in [2.45, 2.75) is 26.8 Å². The maximum absolute atomic E-state index is 13.6. The van der Waals surface area contributed by atoms with Crippen LogP contribution in [-0.2, 0) is 0 Å². The highest BCUT2D eigenvalue weighted by atomic mass is 19.2. The summed E-state index contributed by atoms with van der Waals surface area (Å²) in [7, 11) is 0. The largest absolute Gasteiger partial charge is 0.345 e. The van der Waals surface area contributed by atoms with E-state index in [1.54, 1.807) is 0 Å². The molecule has 0 aliphatic carbocycles. The van der Waals surface area contributed by atoms with Gasteiger partial charge in [-0.05, 0) is 44.0 Å². The number of benzene rings is 2. The second kappa shape index (κ2) is 6.04. The van der Waals surface area contributed by atoms with Crippen molar-refractivity contribution < 1.29 is 13.6 Å². The van der Waals surface area contributed by atoms with Gasteiger partial charge in [-0.3, -0.25) is 4.79 Å². The van der Waals surface area contributed by atoms with Gasteiger partial charge in [0.05, 0.1) is 11.6 Å². The first-order valence-corrected chi connectivity index (χ1v) is 6.72. The smallest absolute Gasteiger partial charge is 0.254 e. The third-order valence-electron chi connectivity index (χ3n) is 3.45. The molecular weight excluding hydrogens is 272 g/mol. The Bertz CT molecular complexity index is 682. The first-order chi connectivity index (χ1) is 9.90. The fourth-order valence-corrected chi connectivity index (χ4v) is 2.26. The monoisotopic (exact) mass is 289 g/mol. The lowest BCUT2D eigenvalue weighted by Gasteiger charge is -2.17. The van der Waals surface area contributed by atoms with E-state index in [0.717, 1.165) is 22.8 Å². The van der Waals surface area contributed by atoms with Crippen molar-refractivity contribution in [2.24, 2.45) is 0 Å². The highest BCUT2D eigenvalue weighted by Crippen LogP contribution is 2.20. The van der Waals surface area contributed by atoms with E-state index in [0.29, 0.717) is 0 Å².